The van der Waals surface area contributed by atoms with Gasteiger partial charge in [-0.25, -0.2) is 0 Å². The standard InChI is InChI=1S/C7H11F/c1-2-3-4-5-6-7-8/h2,5-7H2,1H3. The third kappa shape index (κ3) is 5.49. The summed E-state index contributed by atoms with van der Waals surface area (Å²) in [5.74, 6) is 5.71. The molecule has 0 saturated heterocycles. The first-order chi connectivity index (χ1) is 3.91. The second-order valence-electron chi connectivity index (χ2n) is 1.50. The van der Waals surface area contributed by atoms with Gasteiger partial charge in [-0.1, -0.05) is 6.92 Å². The molecule has 0 heterocycles. The maximum atomic E-state index is 11.4. The molecule has 0 aliphatic heterocycles. The van der Waals surface area contributed by atoms with Crippen LogP contribution in [0.25, 0.3) is 0 Å². The van der Waals surface area contributed by atoms with Gasteiger partial charge in [0.1, 0.15) is 0 Å². The van der Waals surface area contributed by atoms with Gasteiger partial charge in [0, 0.05) is 12.8 Å². The fourth-order valence-corrected chi connectivity index (χ4v) is 0.369. The highest BCUT2D eigenvalue weighted by atomic mass is 19.1. The van der Waals surface area contributed by atoms with Crippen molar-refractivity contribution < 1.29 is 4.39 Å². The Balaban J connectivity index is 2.90. The Hall–Kier alpha value is -0.510. The van der Waals surface area contributed by atoms with Crippen LogP contribution in [0.2, 0.25) is 0 Å². The average Bonchev–Trinajstić information content (AvgIpc) is 1.81. The first-order valence-corrected chi connectivity index (χ1v) is 2.93. The second-order valence-corrected chi connectivity index (χ2v) is 1.50. The van der Waals surface area contributed by atoms with Crippen molar-refractivity contribution in [3.63, 3.8) is 0 Å². The molecule has 0 aliphatic rings. The molecule has 0 aromatic heterocycles. The van der Waals surface area contributed by atoms with Crippen LogP contribution in [0.3, 0.4) is 0 Å². The molecule has 0 aliphatic carbocycles. The summed E-state index contributed by atoms with van der Waals surface area (Å²) < 4.78 is 11.4. The van der Waals surface area contributed by atoms with E-state index in [1.54, 1.807) is 0 Å². The monoisotopic (exact) mass is 114 g/mol. The molecule has 0 fully saturated rings. The molecular weight excluding hydrogens is 103 g/mol. The van der Waals surface area contributed by atoms with Crippen molar-refractivity contribution in [3.05, 3.63) is 0 Å². The fraction of sp³-hybridized carbons (Fsp3) is 0.714. The summed E-state index contributed by atoms with van der Waals surface area (Å²) in [6.45, 7) is 1.75. The zero-order valence-corrected chi connectivity index (χ0v) is 5.21. The summed E-state index contributed by atoms with van der Waals surface area (Å²) in [6.07, 6.45) is 2.18. The Bertz CT molecular complexity index is 86.3. The molecule has 0 unspecified atom stereocenters. The van der Waals surface area contributed by atoms with Gasteiger partial charge in [0.2, 0.25) is 0 Å². The van der Waals surface area contributed by atoms with Gasteiger partial charge in [-0.2, -0.15) is 0 Å². The van der Waals surface area contributed by atoms with Crippen LogP contribution in [0, 0.1) is 11.8 Å². The van der Waals surface area contributed by atoms with Crippen molar-refractivity contribution >= 4 is 0 Å². The number of rotatable bonds is 2. The van der Waals surface area contributed by atoms with Gasteiger partial charge < -0.3 is 0 Å². The minimum Gasteiger partial charge on any atom is -0.251 e. The van der Waals surface area contributed by atoms with Gasteiger partial charge in [0.05, 0.1) is 6.67 Å². The van der Waals surface area contributed by atoms with Gasteiger partial charge in [0.15, 0.2) is 0 Å². The van der Waals surface area contributed by atoms with Crippen molar-refractivity contribution in [2.75, 3.05) is 6.67 Å². The van der Waals surface area contributed by atoms with Crippen LogP contribution in [-0.4, -0.2) is 6.67 Å². The van der Waals surface area contributed by atoms with Crippen LogP contribution >= 0.6 is 0 Å². The lowest BCUT2D eigenvalue weighted by molar-refractivity contribution is 0.477. The van der Waals surface area contributed by atoms with Crippen LogP contribution < -0.4 is 0 Å². The van der Waals surface area contributed by atoms with E-state index in [0.717, 1.165) is 6.42 Å². The molecule has 0 bridgehead atoms. The van der Waals surface area contributed by atoms with E-state index in [4.69, 9.17) is 0 Å². The summed E-state index contributed by atoms with van der Waals surface area (Å²) in [6, 6.07) is 0. The first-order valence-electron chi connectivity index (χ1n) is 2.93. The third-order valence-corrected chi connectivity index (χ3v) is 0.737. The van der Waals surface area contributed by atoms with E-state index in [0.29, 0.717) is 12.8 Å². The van der Waals surface area contributed by atoms with E-state index in [1.165, 1.54) is 0 Å². The lowest BCUT2D eigenvalue weighted by Gasteiger charge is -1.79. The Kier molecular flexibility index (Phi) is 6.08. The van der Waals surface area contributed by atoms with E-state index >= 15 is 0 Å². The highest BCUT2D eigenvalue weighted by molar-refractivity contribution is 4.97. The maximum Gasteiger partial charge on any atom is 0.0903 e. The van der Waals surface area contributed by atoms with E-state index in [1.807, 2.05) is 6.92 Å². The molecular formula is C7H11F. The summed E-state index contributed by atoms with van der Waals surface area (Å²) in [5.41, 5.74) is 0. The summed E-state index contributed by atoms with van der Waals surface area (Å²) in [4.78, 5) is 0. The van der Waals surface area contributed by atoms with Gasteiger partial charge in [0.25, 0.3) is 0 Å². The van der Waals surface area contributed by atoms with Gasteiger partial charge in [-0.3, -0.25) is 4.39 Å². The van der Waals surface area contributed by atoms with Crippen molar-refractivity contribution in [1.29, 1.82) is 0 Å². The summed E-state index contributed by atoms with van der Waals surface area (Å²) in [5, 5.41) is 0. The number of halogens is 1. The zero-order valence-electron chi connectivity index (χ0n) is 5.21. The Morgan fingerprint density at radius 1 is 1.38 bits per heavy atom. The smallest absolute Gasteiger partial charge is 0.0903 e. The topological polar surface area (TPSA) is 0 Å². The highest BCUT2D eigenvalue weighted by Crippen LogP contribution is 1.85. The molecule has 0 N–H and O–H groups in total. The van der Waals surface area contributed by atoms with E-state index in [9.17, 15) is 4.39 Å². The van der Waals surface area contributed by atoms with E-state index in [2.05, 4.69) is 11.8 Å². The maximum absolute atomic E-state index is 11.4. The summed E-state index contributed by atoms with van der Waals surface area (Å²) in [7, 11) is 0. The predicted octanol–water partition coefficient (Wildman–Crippen LogP) is 2.15. The molecule has 46 valence electrons. The fourth-order valence-electron chi connectivity index (χ4n) is 0.369. The van der Waals surface area contributed by atoms with Crippen molar-refractivity contribution in [1.82, 2.24) is 0 Å². The molecule has 0 aromatic rings. The molecule has 0 radical (unpaired) electrons. The number of alkyl halides is 1. The van der Waals surface area contributed by atoms with E-state index < -0.39 is 0 Å². The largest absolute Gasteiger partial charge is 0.251 e. The second kappa shape index (κ2) is 6.49. The normalized spacial score (nSPS) is 7.75. The third-order valence-electron chi connectivity index (χ3n) is 0.737. The van der Waals surface area contributed by atoms with Crippen LogP contribution in [0.5, 0.6) is 0 Å². The molecule has 0 amide bonds. The Morgan fingerprint density at radius 2 is 2.12 bits per heavy atom. The zero-order chi connectivity index (χ0) is 6.24. The summed E-state index contributed by atoms with van der Waals surface area (Å²) >= 11 is 0. The van der Waals surface area contributed by atoms with Gasteiger partial charge >= 0.3 is 0 Å². The van der Waals surface area contributed by atoms with E-state index in [-0.39, 0.29) is 6.67 Å². The Labute approximate surface area is 50.1 Å². The van der Waals surface area contributed by atoms with Crippen LogP contribution in [0.15, 0.2) is 0 Å². The molecule has 0 spiro atoms. The number of unbranched alkanes of at least 4 members (excludes halogenated alkanes) is 1. The lowest BCUT2D eigenvalue weighted by Crippen LogP contribution is -1.71. The number of hydrogen-bond acceptors (Lipinski definition) is 0. The molecule has 0 atom stereocenters. The van der Waals surface area contributed by atoms with Crippen LogP contribution in [0.4, 0.5) is 4.39 Å². The average molecular weight is 114 g/mol. The SMILES string of the molecule is CCC#CCCCF. The highest BCUT2D eigenvalue weighted by Gasteiger charge is 1.76. The quantitative estimate of drug-likeness (QED) is 0.381. The van der Waals surface area contributed by atoms with Gasteiger partial charge in [-0.15, -0.1) is 11.8 Å². The van der Waals surface area contributed by atoms with Crippen molar-refractivity contribution in [3.8, 4) is 11.8 Å². The lowest BCUT2D eigenvalue weighted by atomic mass is 10.3. The minimum atomic E-state index is -0.238. The predicted molar refractivity (Wildman–Crippen MR) is 33.3 cm³/mol. The molecule has 8 heavy (non-hydrogen) atoms. The van der Waals surface area contributed by atoms with Crippen molar-refractivity contribution in [2.45, 2.75) is 26.2 Å². The van der Waals surface area contributed by atoms with Crippen molar-refractivity contribution in [2.24, 2.45) is 0 Å². The van der Waals surface area contributed by atoms with Crippen LogP contribution in [-0.2, 0) is 0 Å². The molecule has 0 saturated carbocycles. The minimum absolute atomic E-state index is 0.238. The van der Waals surface area contributed by atoms with Crippen LogP contribution in [0.1, 0.15) is 26.2 Å². The molecule has 1 heteroatoms. The Morgan fingerprint density at radius 3 is 2.62 bits per heavy atom. The molecule has 0 nitrogen and oxygen atoms in total. The molecule has 0 rings (SSSR count). The number of hydrogen-bond donors (Lipinski definition) is 0. The first kappa shape index (κ1) is 7.49. The molecule has 0 aromatic carbocycles. The van der Waals surface area contributed by atoms with Gasteiger partial charge in [-0.05, 0) is 6.42 Å².